The van der Waals surface area contributed by atoms with E-state index in [4.69, 9.17) is 9.73 Å². The van der Waals surface area contributed by atoms with Gasteiger partial charge in [0, 0.05) is 24.1 Å². The normalized spacial score (nSPS) is 25.2. The number of aliphatic imine (C=N–C) groups is 1. The maximum absolute atomic E-state index is 11.6. The fourth-order valence-electron chi connectivity index (χ4n) is 3.75. The van der Waals surface area contributed by atoms with Crippen LogP contribution in [0.4, 0.5) is 4.79 Å². The molecule has 0 saturated carbocycles. The van der Waals surface area contributed by atoms with E-state index in [9.17, 15) is 4.79 Å². The lowest BCUT2D eigenvalue weighted by atomic mass is 9.79. The van der Waals surface area contributed by atoms with E-state index in [1.807, 2.05) is 0 Å². The van der Waals surface area contributed by atoms with E-state index in [0.29, 0.717) is 0 Å². The predicted octanol–water partition coefficient (Wildman–Crippen LogP) is 3.56. The molecule has 130 valence electrons. The van der Waals surface area contributed by atoms with Gasteiger partial charge >= 0.3 is 6.09 Å². The largest absolute Gasteiger partial charge is 0.453 e. The molecule has 5 heteroatoms. The number of ether oxygens (including phenoxy) is 1. The molecule has 2 atom stereocenters. The van der Waals surface area contributed by atoms with Crippen LogP contribution in [0.15, 0.2) is 16.3 Å². The summed E-state index contributed by atoms with van der Waals surface area (Å²) >= 11 is 0. The van der Waals surface area contributed by atoms with Gasteiger partial charge in [-0.25, -0.2) is 4.79 Å². The average molecular weight is 321 g/mol. The van der Waals surface area contributed by atoms with Crippen LogP contribution in [0.5, 0.6) is 0 Å². The molecule has 0 spiro atoms. The Bertz CT molecular complexity index is 550. The summed E-state index contributed by atoms with van der Waals surface area (Å²) in [4.78, 5) is 18.9. The van der Waals surface area contributed by atoms with Crippen LogP contribution in [-0.2, 0) is 4.74 Å². The van der Waals surface area contributed by atoms with E-state index < -0.39 is 0 Å². The van der Waals surface area contributed by atoms with Crippen LogP contribution in [0.2, 0.25) is 0 Å². The topological polar surface area (TPSA) is 53.9 Å². The number of amides is 1. The molecule has 1 amide bonds. The Morgan fingerprint density at radius 3 is 2.30 bits per heavy atom. The molecule has 0 aromatic carbocycles. The lowest BCUT2D eigenvalue weighted by molar-refractivity contribution is 0.167. The molecule has 2 rings (SSSR count). The molecule has 2 heterocycles. The molecular formula is C18H31N3O2. The highest BCUT2D eigenvalue weighted by Crippen LogP contribution is 2.42. The molecule has 0 bridgehead atoms. The first kappa shape index (κ1) is 17.8. The smallest absolute Gasteiger partial charge is 0.407 e. The third-order valence-electron chi connectivity index (χ3n) is 4.46. The van der Waals surface area contributed by atoms with Crippen LogP contribution in [0.25, 0.3) is 0 Å². The highest BCUT2D eigenvalue weighted by Gasteiger charge is 2.42. The Morgan fingerprint density at radius 1 is 1.22 bits per heavy atom. The van der Waals surface area contributed by atoms with Crippen molar-refractivity contribution in [3.63, 3.8) is 0 Å². The second kappa shape index (κ2) is 5.84. The number of methoxy groups -OCH3 is 1. The number of nitrogens with zero attached hydrogens (tertiary/aromatic N) is 2. The Morgan fingerprint density at radius 2 is 1.83 bits per heavy atom. The zero-order chi connectivity index (χ0) is 17.6. The van der Waals surface area contributed by atoms with E-state index in [2.05, 4.69) is 58.7 Å². The van der Waals surface area contributed by atoms with Gasteiger partial charge in [-0.3, -0.25) is 4.99 Å². The van der Waals surface area contributed by atoms with Crippen LogP contribution in [0, 0.1) is 10.8 Å². The van der Waals surface area contributed by atoms with Crippen LogP contribution >= 0.6 is 0 Å². The Balaban J connectivity index is 2.42. The van der Waals surface area contributed by atoms with Crippen molar-refractivity contribution < 1.29 is 9.53 Å². The fraction of sp³-hybridized carbons (Fsp3) is 0.778. The minimum Gasteiger partial charge on any atom is -0.453 e. The number of rotatable bonds is 1. The standard InChI is InChI=1S/C18H31N3O2/c1-11-14(17(2,3)4)13-9-12(20-16(22)23-8)10-21(13)15(19-11)18(5,6)7/h11-12H,9-10H2,1-8H3,(H,20,22)/t11-,12-/m0/s1. The lowest BCUT2D eigenvalue weighted by Gasteiger charge is -2.41. The third kappa shape index (κ3) is 3.54. The van der Waals surface area contributed by atoms with E-state index in [1.54, 1.807) is 0 Å². The number of hydrogen-bond donors (Lipinski definition) is 1. The highest BCUT2D eigenvalue weighted by molar-refractivity contribution is 5.90. The molecule has 0 unspecified atom stereocenters. The maximum atomic E-state index is 11.6. The zero-order valence-corrected chi connectivity index (χ0v) is 15.8. The second-order valence-corrected chi connectivity index (χ2v) is 8.64. The minimum atomic E-state index is -0.366. The number of carbonyl (C=O) groups excluding carboxylic acids is 1. The summed E-state index contributed by atoms with van der Waals surface area (Å²) in [6.07, 6.45) is 0.469. The van der Waals surface area contributed by atoms with Crippen molar-refractivity contribution in [1.82, 2.24) is 10.2 Å². The first-order valence-corrected chi connectivity index (χ1v) is 8.39. The number of hydrogen-bond acceptors (Lipinski definition) is 4. The summed E-state index contributed by atoms with van der Waals surface area (Å²) in [6.45, 7) is 16.2. The van der Waals surface area contributed by atoms with Crippen molar-refractivity contribution in [3.8, 4) is 0 Å². The van der Waals surface area contributed by atoms with Crippen LogP contribution in [0.1, 0.15) is 54.9 Å². The number of alkyl carbamates (subject to hydrolysis) is 1. The molecule has 0 aromatic rings. The van der Waals surface area contributed by atoms with Crippen molar-refractivity contribution in [1.29, 1.82) is 0 Å². The van der Waals surface area contributed by atoms with Crippen LogP contribution in [-0.4, -0.2) is 42.6 Å². The van der Waals surface area contributed by atoms with Crippen molar-refractivity contribution >= 4 is 11.9 Å². The number of fused-ring (bicyclic) bond motifs is 1. The van der Waals surface area contributed by atoms with Gasteiger partial charge in [0.15, 0.2) is 0 Å². The van der Waals surface area contributed by atoms with E-state index in [1.165, 1.54) is 18.4 Å². The molecule has 1 saturated heterocycles. The van der Waals surface area contributed by atoms with Crippen molar-refractivity contribution in [3.05, 3.63) is 11.3 Å². The second-order valence-electron chi connectivity index (χ2n) is 8.64. The number of carbonyl (C=O) groups is 1. The van der Waals surface area contributed by atoms with Gasteiger partial charge in [0.1, 0.15) is 5.84 Å². The Kier molecular flexibility index (Phi) is 4.53. The predicted molar refractivity (Wildman–Crippen MR) is 93.5 cm³/mol. The SMILES string of the molecule is COC(=O)N[C@H]1CC2=C(C(C)(C)C)[C@H](C)N=C(C(C)(C)C)N2C1. The van der Waals surface area contributed by atoms with Gasteiger partial charge in [-0.2, -0.15) is 0 Å². The van der Waals surface area contributed by atoms with Gasteiger partial charge in [0.05, 0.1) is 19.2 Å². The zero-order valence-electron chi connectivity index (χ0n) is 15.8. The van der Waals surface area contributed by atoms with E-state index >= 15 is 0 Å². The molecule has 23 heavy (non-hydrogen) atoms. The molecule has 2 aliphatic heterocycles. The lowest BCUT2D eigenvalue weighted by Crippen LogP contribution is -2.45. The minimum absolute atomic E-state index is 0.0247. The molecule has 1 N–H and O–H groups in total. The fourth-order valence-corrected chi connectivity index (χ4v) is 3.75. The molecular weight excluding hydrogens is 290 g/mol. The first-order chi connectivity index (χ1) is 10.4. The number of nitrogens with one attached hydrogen (secondary N) is 1. The van der Waals surface area contributed by atoms with E-state index in [0.717, 1.165) is 18.8 Å². The van der Waals surface area contributed by atoms with Crippen molar-refractivity contribution in [2.45, 2.75) is 67.0 Å². The van der Waals surface area contributed by atoms with Gasteiger partial charge < -0.3 is 15.0 Å². The monoisotopic (exact) mass is 321 g/mol. The summed E-state index contributed by atoms with van der Waals surface area (Å²) in [5.74, 6) is 1.11. The van der Waals surface area contributed by atoms with Gasteiger partial charge in [-0.15, -0.1) is 0 Å². The van der Waals surface area contributed by atoms with Crippen LogP contribution in [0.3, 0.4) is 0 Å². The molecule has 0 aliphatic carbocycles. The van der Waals surface area contributed by atoms with Gasteiger partial charge in [0.25, 0.3) is 0 Å². The molecule has 0 radical (unpaired) electrons. The van der Waals surface area contributed by atoms with Gasteiger partial charge in [-0.1, -0.05) is 41.5 Å². The summed E-state index contributed by atoms with van der Waals surface area (Å²) in [6, 6.07) is 0.236. The van der Waals surface area contributed by atoms with Crippen LogP contribution < -0.4 is 5.32 Å². The molecule has 1 fully saturated rings. The van der Waals surface area contributed by atoms with Gasteiger partial charge in [0.2, 0.25) is 0 Å². The quantitative estimate of drug-likeness (QED) is 0.803. The highest BCUT2D eigenvalue weighted by atomic mass is 16.5. The molecule has 2 aliphatic rings. The summed E-state index contributed by atoms with van der Waals surface area (Å²) in [5.41, 5.74) is 2.73. The van der Waals surface area contributed by atoms with Crippen molar-refractivity contribution in [2.24, 2.45) is 15.8 Å². The third-order valence-corrected chi connectivity index (χ3v) is 4.46. The maximum Gasteiger partial charge on any atom is 0.407 e. The van der Waals surface area contributed by atoms with E-state index in [-0.39, 0.29) is 29.0 Å². The van der Waals surface area contributed by atoms with Gasteiger partial charge in [-0.05, 0) is 17.9 Å². The average Bonchev–Trinajstić information content (AvgIpc) is 2.77. The number of amidine groups is 1. The summed E-state index contributed by atoms with van der Waals surface area (Å²) in [7, 11) is 1.40. The summed E-state index contributed by atoms with van der Waals surface area (Å²) in [5, 5.41) is 2.95. The first-order valence-electron chi connectivity index (χ1n) is 8.39. The molecule has 5 nitrogen and oxygen atoms in total. The molecule has 0 aromatic heterocycles. The van der Waals surface area contributed by atoms with Crippen molar-refractivity contribution in [2.75, 3.05) is 13.7 Å². The summed E-state index contributed by atoms with van der Waals surface area (Å²) < 4.78 is 4.76. The Hall–Kier alpha value is -1.52. The Labute approximate surface area is 140 Å².